The van der Waals surface area contributed by atoms with Crippen molar-refractivity contribution in [3.05, 3.63) is 63.6 Å². The predicted molar refractivity (Wildman–Crippen MR) is 75.6 cm³/mol. The minimum absolute atomic E-state index is 0.00349. The van der Waals surface area contributed by atoms with E-state index in [4.69, 9.17) is 0 Å². The number of benzene rings is 1. The van der Waals surface area contributed by atoms with Crippen molar-refractivity contribution in [3.8, 4) is 0 Å². The third-order valence-corrected chi connectivity index (χ3v) is 2.83. The van der Waals surface area contributed by atoms with Gasteiger partial charge in [-0.05, 0) is 30.2 Å². The first kappa shape index (κ1) is 14.4. The standard InChI is InChI=1S/C14H14N4O3/c1-2-9-3-5-10(6-4-9)13(20)17-18-14(21)11-7-8-12(19)16-15-11/h3-8H,2H2,1H3,(H,16,19)(H,17,20)(H,18,21). The van der Waals surface area contributed by atoms with Crippen LogP contribution in [0.5, 0.6) is 0 Å². The number of hydrogen-bond acceptors (Lipinski definition) is 4. The largest absolute Gasteiger partial charge is 0.290 e. The van der Waals surface area contributed by atoms with Gasteiger partial charge in [0.15, 0.2) is 5.69 Å². The Morgan fingerprint density at radius 2 is 1.71 bits per heavy atom. The second-order valence-electron chi connectivity index (χ2n) is 4.27. The van der Waals surface area contributed by atoms with Crippen LogP contribution in [-0.2, 0) is 6.42 Å². The molecule has 0 unspecified atom stereocenters. The number of nitrogens with one attached hydrogen (secondary N) is 3. The summed E-state index contributed by atoms with van der Waals surface area (Å²) in [6.07, 6.45) is 0.885. The zero-order chi connectivity index (χ0) is 15.2. The summed E-state index contributed by atoms with van der Waals surface area (Å²) >= 11 is 0. The monoisotopic (exact) mass is 286 g/mol. The molecule has 1 heterocycles. The van der Waals surface area contributed by atoms with Crippen LogP contribution in [0.25, 0.3) is 0 Å². The molecule has 0 radical (unpaired) electrons. The Labute approximate surface area is 120 Å². The zero-order valence-electron chi connectivity index (χ0n) is 11.3. The number of H-pyrrole nitrogens is 1. The number of rotatable bonds is 3. The summed E-state index contributed by atoms with van der Waals surface area (Å²) in [5.41, 5.74) is 5.64. The molecule has 3 N–H and O–H groups in total. The van der Waals surface area contributed by atoms with Crippen molar-refractivity contribution in [1.82, 2.24) is 21.0 Å². The van der Waals surface area contributed by atoms with Gasteiger partial charge in [-0.1, -0.05) is 19.1 Å². The molecule has 0 spiro atoms. The second-order valence-corrected chi connectivity index (χ2v) is 4.27. The Hall–Kier alpha value is -2.96. The Morgan fingerprint density at radius 3 is 2.29 bits per heavy atom. The number of hydrogen-bond donors (Lipinski definition) is 3. The number of aromatic amines is 1. The molecule has 2 rings (SSSR count). The molecular weight excluding hydrogens is 272 g/mol. The lowest BCUT2D eigenvalue weighted by molar-refractivity contribution is 0.0843. The Bertz CT molecular complexity index is 686. The molecule has 2 aromatic rings. The maximum absolute atomic E-state index is 11.8. The predicted octanol–water partition coefficient (Wildman–Crippen LogP) is 0.407. The van der Waals surface area contributed by atoms with Crippen LogP contribution in [0, 0.1) is 0 Å². The molecular formula is C14H14N4O3. The van der Waals surface area contributed by atoms with Crippen molar-refractivity contribution >= 4 is 11.8 Å². The molecule has 0 bridgehead atoms. The summed E-state index contributed by atoms with van der Waals surface area (Å²) in [5, 5.41) is 5.68. The van der Waals surface area contributed by atoms with E-state index < -0.39 is 17.4 Å². The lowest BCUT2D eigenvalue weighted by Gasteiger charge is -2.07. The first-order chi connectivity index (χ1) is 10.1. The second kappa shape index (κ2) is 6.47. The van der Waals surface area contributed by atoms with Gasteiger partial charge in [0, 0.05) is 11.6 Å². The van der Waals surface area contributed by atoms with E-state index in [0.717, 1.165) is 12.0 Å². The summed E-state index contributed by atoms with van der Waals surface area (Å²) in [6.45, 7) is 2.02. The summed E-state index contributed by atoms with van der Waals surface area (Å²) in [4.78, 5) is 34.3. The summed E-state index contributed by atoms with van der Waals surface area (Å²) in [5.74, 6) is -1.06. The first-order valence-corrected chi connectivity index (χ1v) is 6.35. The highest BCUT2D eigenvalue weighted by Crippen LogP contribution is 2.04. The Morgan fingerprint density at radius 1 is 1.05 bits per heavy atom. The van der Waals surface area contributed by atoms with E-state index in [1.165, 1.54) is 12.1 Å². The maximum atomic E-state index is 11.8. The normalized spacial score (nSPS) is 9.95. The molecule has 0 fully saturated rings. The van der Waals surface area contributed by atoms with Crippen LogP contribution in [0.3, 0.4) is 0 Å². The van der Waals surface area contributed by atoms with Gasteiger partial charge in [0.2, 0.25) is 0 Å². The fourth-order valence-electron chi connectivity index (χ4n) is 1.61. The van der Waals surface area contributed by atoms with E-state index >= 15 is 0 Å². The molecule has 21 heavy (non-hydrogen) atoms. The number of carbonyl (C=O) groups is 2. The van der Waals surface area contributed by atoms with Gasteiger partial charge in [0.05, 0.1) is 0 Å². The van der Waals surface area contributed by atoms with E-state index in [9.17, 15) is 14.4 Å². The van der Waals surface area contributed by atoms with Crippen LogP contribution in [0.1, 0.15) is 33.3 Å². The lowest BCUT2D eigenvalue weighted by atomic mass is 10.1. The summed E-state index contributed by atoms with van der Waals surface area (Å²) < 4.78 is 0. The highest BCUT2D eigenvalue weighted by molar-refractivity contribution is 5.98. The smallest absolute Gasteiger partial charge is 0.268 e. The SMILES string of the molecule is CCc1ccc(C(=O)NNC(=O)c2ccc(=O)[nH]n2)cc1. The molecule has 0 aliphatic heterocycles. The highest BCUT2D eigenvalue weighted by Gasteiger charge is 2.10. The first-order valence-electron chi connectivity index (χ1n) is 6.35. The molecule has 0 aliphatic rings. The van der Waals surface area contributed by atoms with Gasteiger partial charge in [-0.2, -0.15) is 5.10 Å². The van der Waals surface area contributed by atoms with E-state index in [1.807, 2.05) is 19.1 Å². The number of aromatic nitrogens is 2. The van der Waals surface area contributed by atoms with Gasteiger partial charge < -0.3 is 0 Å². The Balaban J connectivity index is 1.95. The quantitative estimate of drug-likeness (QED) is 0.711. The molecule has 1 aromatic carbocycles. The van der Waals surface area contributed by atoms with Crippen molar-refractivity contribution in [3.63, 3.8) is 0 Å². The van der Waals surface area contributed by atoms with E-state index in [-0.39, 0.29) is 5.69 Å². The average Bonchev–Trinajstić information content (AvgIpc) is 2.53. The zero-order valence-corrected chi connectivity index (χ0v) is 11.3. The van der Waals surface area contributed by atoms with Crippen LogP contribution in [0.15, 0.2) is 41.2 Å². The number of nitrogens with zero attached hydrogens (tertiary/aromatic N) is 1. The molecule has 1 aromatic heterocycles. The topological polar surface area (TPSA) is 104 Å². The molecule has 0 saturated carbocycles. The Kier molecular flexibility index (Phi) is 4.45. The van der Waals surface area contributed by atoms with Gasteiger partial charge >= 0.3 is 0 Å². The molecule has 0 aliphatic carbocycles. The molecule has 2 amide bonds. The van der Waals surface area contributed by atoms with Crippen LogP contribution >= 0.6 is 0 Å². The molecule has 0 saturated heterocycles. The van der Waals surface area contributed by atoms with Crippen molar-refractivity contribution in [1.29, 1.82) is 0 Å². The lowest BCUT2D eigenvalue weighted by Crippen LogP contribution is -2.42. The van der Waals surface area contributed by atoms with E-state index in [0.29, 0.717) is 5.56 Å². The third kappa shape index (κ3) is 3.75. The van der Waals surface area contributed by atoms with Crippen molar-refractivity contribution in [2.75, 3.05) is 0 Å². The van der Waals surface area contributed by atoms with Gasteiger partial charge in [-0.3, -0.25) is 25.2 Å². The fraction of sp³-hybridized carbons (Fsp3) is 0.143. The minimum Gasteiger partial charge on any atom is -0.268 e. The van der Waals surface area contributed by atoms with E-state index in [2.05, 4.69) is 21.0 Å². The summed E-state index contributed by atoms with van der Waals surface area (Å²) in [7, 11) is 0. The molecule has 7 heteroatoms. The molecule has 7 nitrogen and oxygen atoms in total. The molecule has 108 valence electrons. The fourth-order valence-corrected chi connectivity index (χ4v) is 1.61. The minimum atomic E-state index is -0.621. The third-order valence-electron chi connectivity index (χ3n) is 2.83. The van der Waals surface area contributed by atoms with Gasteiger partial charge in [0.1, 0.15) is 0 Å². The van der Waals surface area contributed by atoms with Crippen molar-refractivity contribution in [2.24, 2.45) is 0 Å². The van der Waals surface area contributed by atoms with Crippen molar-refractivity contribution < 1.29 is 9.59 Å². The van der Waals surface area contributed by atoms with Gasteiger partial charge in [0.25, 0.3) is 17.4 Å². The highest BCUT2D eigenvalue weighted by atomic mass is 16.2. The number of aryl methyl sites for hydroxylation is 1. The van der Waals surface area contributed by atoms with Crippen molar-refractivity contribution in [2.45, 2.75) is 13.3 Å². The van der Waals surface area contributed by atoms with Gasteiger partial charge in [-0.15, -0.1) is 0 Å². The molecule has 0 atom stereocenters. The van der Waals surface area contributed by atoms with Crippen LogP contribution in [0.4, 0.5) is 0 Å². The van der Waals surface area contributed by atoms with Crippen LogP contribution in [0.2, 0.25) is 0 Å². The van der Waals surface area contributed by atoms with Gasteiger partial charge in [-0.25, -0.2) is 5.10 Å². The number of hydrazine groups is 1. The average molecular weight is 286 g/mol. The van der Waals surface area contributed by atoms with Crippen LogP contribution < -0.4 is 16.4 Å². The number of amides is 2. The van der Waals surface area contributed by atoms with E-state index in [1.54, 1.807) is 12.1 Å². The van der Waals surface area contributed by atoms with Crippen LogP contribution in [-0.4, -0.2) is 22.0 Å². The number of carbonyl (C=O) groups excluding carboxylic acids is 2. The maximum Gasteiger partial charge on any atom is 0.290 e. The summed E-state index contributed by atoms with van der Waals surface area (Å²) in [6, 6.07) is 9.49.